The number of carbonyl (C=O) groups excluding carboxylic acids is 1. The van der Waals surface area contributed by atoms with Gasteiger partial charge >= 0.3 is 0 Å². The molecule has 3 aromatic rings. The van der Waals surface area contributed by atoms with Crippen LogP contribution in [0.15, 0.2) is 48.5 Å². The van der Waals surface area contributed by atoms with Gasteiger partial charge in [0.15, 0.2) is 0 Å². The highest BCUT2D eigenvalue weighted by atomic mass is 32.1. The lowest BCUT2D eigenvalue weighted by Crippen LogP contribution is -2.47. The van der Waals surface area contributed by atoms with Crippen LogP contribution < -0.4 is 10.1 Å². The first kappa shape index (κ1) is 19.9. The molecule has 1 fully saturated rings. The summed E-state index contributed by atoms with van der Waals surface area (Å²) < 4.78 is 6.62. The molecule has 1 saturated heterocycles. The number of hydrogen-bond donors (Lipinski definition) is 1. The fourth-order valence-electron chi connectivity index (χ4n) is 3.94. The second-order valence-electron chi connectivity index (χ2n) is 7.54. The van der Waals surface area contributed by atoms with Gasteiger partial charge in [-0.2, -0.15) is 0 Å². The number of amides is 1. The van der Waals surface area contributed by atoms with E-state index in [-0.39, 0.29) is 11.9 Å². The molecule has 0 spiro atoms. The maximum Gasteiger partial charge on any atom is 0.237 e. The number of piperidine rings is 1. The first-order valence-corrected chi connectivity index (χ1v) is 11.0. The van der Waals surface area contributed by atoms with Crippen LogP contribution in [0.1, 0.15) is 36.3 Å². The molecule has 5 nitrogen and oxygen atoms in total. The minimum Gasteiger partial charge on any atom is -0.496 e. The third-order valence-electron chi connectivity index (χ3n) is 5.76. The van der Waals surface area contributed by atoms with E-state index in [1.54, 1.807) is 7.11 Å². The van der Waals surface area contributed by atoms with Crippen molar-refractivity contribution in [2.75, 3.05) is 20.2 Å². The van der Waals surface area contributed by atoms with Crippen LogP contribution in [0.25, 0.3) is 10.2 Å². The Morgan fingerprint density at radius 2 is 1.93 bits per heavy atom. The van der Waals surface area contributed by atoms with Gasteiger partial charge in [0.2, 0.25) is 5.91 Å². The lowest BCUT2D eigenvalue weighted by molar-refractivity contribution is -0.126. The molecule has 1 atom stereocenters. The molecule has 1 aliphatic heterocycles. The Morgan fingerprint density at radius 1 is 1.21 bits per heavy atom. The van der Waals surface area contributed by atoms with Crippen LogP contribution in [-0.4, -0.2) is 42.0 Å². The summed E-state index contributed by atoms with van der Waals surface area (Å²) in [4.78, 5) is 19.8. The molecule has 1 aromatic heterocycles. The van der Waals surface area contributed by atoms with Gasteiger partial charge in [-0.15, -0.1) is 11.3 Å². The predicted octanol–water partition coefficient (Wildman–Crippen LogP) is 4.19. The summed E-state index contributed by atoms with van der Waals surface area (Å²) in [6, 6.07) is 16.0. The number of methoxy groups -OCH3 is 1. The molecular formula is C23H27N3O2S. The van der Waals surface area contributed by atoms with Gasteiger partial charge < -0.3 is 10.1 Å². The molecule has 0 bridgehead atoms. The summed E-state index contributed by atoms with van der Waals surface area (Å²) in [7, 11) is 1.65. The number of benzene rings is 2. The Hall–Kier alpha value is -2.44. The van der Waals surface area contributed by atoms with E-state index in [1.807, 2.05) is 48.6 Å². The lowest BCUT2D eigenvalue weighted by atomic mass is 9.96. The molecule has 0 radical (unpaired) electrons. The molecular weight excluding hydrogens is 382 g/mol. The predicted molar refractivity (Wildman–Crippen MR) is 117 cm³/mol. The number of nitrogens with zero attached hydrogens (tertiary/aromatic N) is 2. The summed E-state index contributed by atoms with van der Waals surface area (Å²) in [6.07, 6.45) is 2.09. The van der Waals surface area contributed by atoms with Gasteiger partial charge in [-0.3, -0.25) is 9.69 Å². The zero-order valence-corrected chi connectivity index (χ0v) is 17.7. The van der Waals surface area contributed by atoms with E-state index in [0.29, 0.717) is 12.5 Å². The first-order valence-electron chi connectivity index (χ1n) is 10.1. The van der Waals surface area contributed by atoms with E-state index in [1.165, 1.54) is 9.71 Å². The number of thiazole rings is 1. The second kappa shape index (κ2) is 8.93. The van der Waals surface area contributed by atoms with Crippen molar-refractivity contribution < 1.29 is 9.53 Å². The Bertz CT molecular complexity index is 946. The molecule has 29 heavy (non-hydrogen) atoms. The normalized spacial score (nSPS) is 16.6. The van der Waals surface area contributed by atoms with Crippen LogP contribution in [0.3, 0.4) is 0 Å². The average molecular weight is 410 g/mol. The number of rotatable bonds is 6. The molecule has 0 aliphatic carbocycles. The number of likely N-dealkylation sites (tertiary alicyclic amines) is 1. The molecule has 2 aromatic carbocycles. The Morgan fingerprint density at radius 3 is 2.69 bits per heavy atom. The summed E-state index contributed by atoms with van der Waals surface area (Å²) in [5.41, 5.74) is 2.09. The van der Waals surface area contributed by atoms with Crippen molar-refractivity contribution in [1.29, 1.82) is 0 Å². The van der Waals surface area contributed by atoms with Gasteiger partial charge in [0, 0.05) is 18.0 Å². The van der Waals surface area contributed by atoms with Crippen LogP contribution in [0.5, 0.6) is 5.75 Å². The van der Waals surface area contributed by atoms with Crippen molar-refractivity contribution in [3.05, 3.63) is 59.1 Å². The van der Waals surface area contributed by atoms with Crippen molar-refractivity contribution in [2.45, 2.75) is 38.3 Å². The van der Waals surface area contributed by atoms with Crippen LogP contribution in [0, 0.1) is 0 Å². The van der Waals surface area contributed by atoms with Gasteiger partial charge in [0.1, 0.15) is 5.75 Å². The minimum atomic E-state index is -0.138. The Balaban J connectivity index is 1.31. The lowest BCUT2D eigenvalue weighted by Gasteiger charge is -2.34. The van der Waals surface area contributed by atoms with Crippen molar-refractivity contribution in [2.24, 2.45) is 0 Å². The Labute approximate surface area is 175 Å². The van der Waals surface area contributed by atoms with E-state index in [4.69, 9.17) is 9.72 Å². The molecule has 152 valence electrons. The highest BCUT2D eigenvalue weighted by Crippen LogP contribution is 2.34. The van der Waals surface area contributed by atoms with Crippen molar-refractivity contribution in [1.82, 2.24) is 15.2 Å². The number of carbonyl (C=O) groups is 1. The van der Waals surface area contributed by atoms with E-state index in [9.17, 15) is 4.79 Å². The molecule has 1 aliphatic rings. The standard InChI is InChI=1S/C23H27N3O2S/c1-16(22(27)24-15-18-7-3-5-9-20(18)28-2)26-13-11-17(12-14-26)23-25-19-8-4-6-10-21(19)29-23/h3-10,16-17H,11-15H2,1-2H3,(H,24,27)/t16-/m0/s1. The topological polar surface area (TPSA) is 54.5 Å². The molecule has 4 rings (SSSR count). The third kappa shape index (κ3) is 4.43. The molecule has 2 heterocycles. The van der Waals surface area contributed by atoms with Crippen LogP contribution >= 0.6 is 11.3 Å². The molecule has 1 N–H and O–H groups in total. The maximum atomic E-state index is 12.7. The number of para-hydroxylation sites is 2. The summed E-state index contributed by atoms with van der Waals surface area (Å²) >= 11 is 1.81. The zero-order valence-electron chi connectivity index (χ0n) is 16.9. The maximum absolute atomic E-state index is 12.7. The third-order valence-corrected chi connectivity index (χ3v) is 6.96. The number of aromatic nitrogens is 1. The SMILES string of the molecule is COc1ccccc1CNC(=O)[C@H](C)N1CCC(c2nc3ccccc3s2)CC1. The fourth-order valence-corrected chi connectivity index (χ4v) is 5.08. The van der Waals surface area contributed by atoms with E-state index in [2.05, 4.69) is 28.4 Å². The molecule has 0 saturated carbocycles. The number of fused-ring (bicyclic) bond motifs is 1. The number of ether oxygens (including phenoxy) is 1. The number of nitrogens with one attached hydrogen (secondary N) is 1. The smallest absolute Gasteiger partial charge is 0.237 e. The second-order valence-corrected chi connectivity index (χ2v) is 8.60. The monoisotopic (exact) mass is 409 g/mol. The van der Waals surface area contributed by atoms with Gasteiger partial charge in [-0.25, -0.2) is 4.98 Å². The summed E-state index contributed by atoms with van der Waals surface area (Å²) in [5, 5.41) is 4.30. The van der Waals surface area contributed by atoms with E-state index >= 15 is 0 Å². The van der Waals surface area contributed by atoms with Gasteiger partial charge in [0.05, 0.1) is 28.4 Å². The van der Waals surface area contributed by atoms with Gasteiger partial charge in [-0.1, -0.05) is 30.3 Å². The Kier molecular flexibility index (Phi) is 6.11. The van der Waals surface area contributed by atoms with Crippen molar-refractivity contribution >= 4 is 27.5 Å². The van der Waals surface area contributed by atoms with Crippen LogP contribution in [-0.2, 0) is 11.3 Å². The van der Waals surface area contributed by atoms with Crippen molar-refractivity contribution in [3.63, 3.8) is 0 Å². The summed E-state index contributed by atoms with van der Waals surface area (Å²) in [6.45, 7) is 4.32. The van der Waals surface area contributed by atoms with E-state index < -0.39 is 0 Å². The zero-order chi connectivity index (χ0) is 20.2. The molecule has 6 heteroatoms. The average Bonchev–Trinajstić information content (AvgIpc) is 3.21. The van der Waals surface area contributed by atoms with Gasteiger partial charge in [-0.05, 0) is 51.1 Å². The molecule has 1 amide bonds. The van der Waals surface area contributed by atoms with E-state index in [0.717, 1.165) is 42.8 Å². The fraction of sp³-hybridized carbons (Fsp3) is 0.391. The van der Waals surface area contributed by atoms with Crippen molar-refractivity contribution in [3.8, 4) is 5.75 Å². The quantitative estimate of drug-likeness (QED) is 0.663. The van der Waals surface area contributed by atoms with Crippen LogP contribution in [0.4, 0.5) is 0 Å². The largest absolute Gasteiger partial charge is 0.496 e. The molecule has 0 unspecified atom stereocenters. The first-order chi connectivity index (χ1) is 14.2. The summed E-state index contributed by atoms with van der Waals surface area (Å²) in [5.74, 6) is 1.36. The highest BCUT2D eigenvalue weighted by molar-refractivity contribution is 7.18. The minimum absolute atomic E-state index is 0.0642. The highest BCUT2D eigenvalue weighted by Gasteiger charge is 2.28. The van der Waals surface area contributed by atoms with Gasteiger partial charge in [0.25, 0.3) is 0 Å². The number of hydrogen-bond acceptors (Lipinski definition) is 5. The van der Waals surface area contributed by atoms with Crippen LogP contribution in [0.2, 0.25) is 0 Å².